The minimum absolute atomic E-state index is 0.258. The maximum absolute atomic E-state index is 10.7. The lowest BCUT2D eigenvalue weighted by Gasteiger charge is -2.09. The molecular weight excluding hydrogens is 414 g/mol. The molecule has 0 fully saturated rings. The van der Waals surface area contributed by atoms with Crippen LogP contribution in [0.5, 0.6) is 17.5 Å². The van der Waals surface area contributed by atoms with Crippen LogP contribution in [-0.4, -0.2) is 60.9 Å². The molecule has 0 unspecified atom stereocenters. The van der Waals surface area contributed by atoms with E-state index in [0.29, 0.717) is 44.5 Å². The molecule has 0 aliphatic carbocycles. The molecule has 170 valence electrons. The monoisotopic (exact) mass is 441 g/mol. The van der Waals surface area contributed by atoms with Gasteiger partial charge in [0.15, 0.2) is 5.82 Å². The number of ether oxygens (including phenoxy) is 4. The minimum atomic E-state index is -0.582. The van der Waals surface area contributed by atoms with Crippen LogP contribution in [0.15, 0.2) is 48.5 Å². The maximum atomic E-state index is 10.7. The quantitative estimate of drug-likeness (QED) is 0.414. The van der Waals surface area contributed by atoms with E-state index in [1.807, 2.05) is 55.5 Å². The van der Waals surface area contributed by atoms with Gasteiger partial charge in [-0.3, -0.25) is 0 Å². The molecule has 1 heterocycles. The third-order valence-corrected chi connectivity index (χ3v) is 4.35. The lowest BCUT2D eigenvalue weighted by atomic mass is 10.2. The highest BCUT2D eigenvalue weighted by Crippen LogP contribution is 2.26. The zero-order valence-electron chi connectivity index (χ0n) is 18.1. The molecule has 3 N–H and O–H groups in total. The van der Waals surface area contributed by atoms with E-state index in [1.165, 1.54) is 0 Å². The van der Waals surface area contributed by atoms with Crippen LogP contribution in [-0.2, 0) is 4.74 Å². The Labute approximate surface area is 186 Å². The number of carbonyl (C=O) groups excluding carboxylic acids is 1. The van der Waals surface area contributed by atoms with Crippen LogP contribution in [0.2, 0.25) is 0 Å². The van der Waals surface area contributed by atoms with Gasteiger partial charge in [-0.2, -0.15) is 4.98 Å². The van der Waals surface area contributed by atoms with Crippen LogP contribution >= 0.6 is 0 Å². The van der Waals surface area contributed by atoms with Crippen molar-refractivity contribution in [1.82, 2.24) is 20.1 Å². The van der Waals surface area contributed by atoms with Crippen LogP contribution in [0.25, 0.3) is 17.1 Å². The summed E-state index contributed by atoms with van der Waals surface area (Å²) >= 11 is 0. The summed E-state index contributed by atoms with van der Waals surface area (Å²) in [6.07, 6.45) is 0. The number of nitrogens with one attached hydrogen (secondary N) is 1. The van der Waals surface area contributed by atoms with E-state index < -0.39 is 6.03 Å². The lowest BCUT2D eigenvalue weighted by Crippen LogP contribution is -2.32. The Balaban J connectivity index is 1.79. The SMILES string of the molecule is CCOCCOc1nc(-c2ccc(OCCNC(N)=O)cc2)n(-c2ccc(OC)cc2)n1. The fourth-order valence-electron chi connectivity index (χ4n) is 2.82. The van der Waals surface area contributed by atoms with E-state index in [-0.39, 0.29) is 6.01 Å². The molecule has 0 bridgehead atoms. The number of urea groups is 1. The Morgan fingerprint density at radius 2 is 1.72 bits per heavy atom. The summed E-state index contributed by atoms with van der Waals surface area (Å²) < 4.78 is 23.5. The number of amides is 2. The van der Waals surface area contributed by atoms with Crippen LogP contribution in [0.3, 0.4) is 0 Å². The number of hydrogen-bond acceptors (Lipinski definition) is 7. The van der Waals surface area contributed by atoms with Crippen LogP contribution in [0.1, 0.15) is 6.92 Å². The third kappa shape index (κ3) is 6.35. The fourth-order valence-corrected chi connectivity index (χ4v) is 2.82. The Bertz CT molecular complexity index is 989. The van der Waals surface area contributed by atoms with E-state index in [4.69, 9.17) is 24.7 Å². The van der Waals surface area contributed by atoms with E-state index in [0.717, 1.165) is 17.0 Å². The van der Waals surface area contributed by atoms with Crippen LogP contribution in [0, 0.1) is 0 Å². The van der Waals surface area contributed by atoms with Gasteiger partial charge in [-0.1, -0.05) is 0 Å². The number of benzene rings is 2. The number of aromatic nitrogens is 3. The smallest absolute Gasteiger partial charge is 0.336 e. The van der Waals surface area contributed by atoms with E-state index in [2.05, 4.69) is 15.4 Å². The Kier molecular flexibility index (Phi) is 8.27. The molecule has 10 heteroatoms. The molecule has 0 aliphatic heterocycles. The average molecular weight is 441 g/mol. The Hall–Kier alpha value is -3.79. The number of nitrogens with two attached hydrogens (primary N) is 1. The van der Waals surface area contributed by atoms with Gasteiger partial charge in [-0.25, -0.2) is 9.48 Å². The first-order chi connectivity index (χ1) is 15.6. The summed E-state index contributed by atoms with van der Waals surface area (Å²) in [7, 11) is 1.62. The van der Waals surface area contributed by atoms with Crippen LogP contribution in [0.4, 0.5) is 4.79 Å². The van der Waals surface area contributed by atoms with Gasteiger partial charge in [0.1, 0.15) is 24.7 Å². The topological polar surface area (TPSA) is 123 Å². The second-order valence-electron chi connectivity index (χ2n) is 6.54. The van der Waals surface area contributed by atoms with Crippen LogP contribution < -0.4 is 25.3 Å². The van der Waals surface area contributed by atoms with Gasteiger partial charge in [0.05, 0.1) is 25.9 Å². The zero-order valence-corrected chi connectivity index (χ0v) is 18.1. The molecule has 3 aromatic rings. The van der Waals surface area contributed by atoms with Crippen molar-refractivity contribution in [1.29, 1.82) is 0 Å². The van der Waals surface area contributed by atoms with Gasteiger partial charge in [0.25, 0.3) is 0 Å². The molecule has 3 rings (SSSR count). The summed E-state index contributed by atoms with van der Waals surface area (Å²) in [6, 6.07) is 14.6. The molecule has 0 radical (unpaired) electrons. The van der Waals surface area contributed by atoms with Crippen molar-refractivity contribution in [2.75, 3.05) is 40.1 Å². The van der Waals surface area contributed by atoms with Crippen molar-refractivity contribution in [3.8, 4) is 34.6 Å². The molecule has 2 amide bonds. The number of nitrogens with zero attached hydrogens (tertiary/aromatic N) is 3. The highest BCUT2D eigenvalue weighted by molar-refractivity contribution is 5.71. The standard InChI is InChI=1S/C22H27N5O5/c1-3-30-14-15-32-22-25-20(27(26-22)17-6-10-18(29-2)11-7-17)16-4-8-19(9-5-16)31-13-12-24-21(23)28/h4-11H,3,12-15H2,1-2H3,(H3,23,24,28). The first-order valence-corrected chi connectivity index (χ1v) is 10.2. The summed E-state index contributed by atoms with van der Waals surface area (Å²) in [6.45, 7) is 3.99. The first kappa shape index (κ1) is 22.9. The number of primary amides is 1. The van der Waals surface area contributed by atoms with Gasteiger partial charge in [-0.05, 0) is 55.5 Å². The molecule has 0 saturated carbocycles. The second-order valence-corrected chi connectivity index (χ2v) is 6.54. The van der Waals surface area contributed by atoms with Crippen molar-refractivity contribution in [2.45, 2.75) is 6.92 Å². The molecule has 0 atom stereocenters. The largest absolute Gasteiger partial charge is 0.497 e. The summed E-state index contributed by atoms with van der Waals surface area (Å²) in [5.41, 5.74) is 6.68. The minimum Gasteiger partial charge on any atom is -0.497 e. The van der Waals surface area contributed by atoms with E-state index in [9.17, 15) is 4.79 Å². The van der Waals surface area contributed by atoms with Crippen molar-refractivity contribution < 1.29 is 23.7 Å². The van der Waals surface area contributed by atoms with Gasteiger partial charge >= 0.3 is 12.0 Å². The molecule has 32 heavy (non-hydrogen) atoms. The number of rotatable bonds is 12. The second kappa shape index (κ2) is 11.6. The average Bonchev–Trinajstić information content (AvgIpc) is 3.24. The normalized spacial score (nSPS) is 10.6. The summed E-state index contributed by atoms with van der Waals surface area (Å²) in [5.74, 6) is 2.02. The maximum Gasteiger partial charge on any atom is 0.336 e. The molecule has 0 saturated heterocycles. The van der Waals surface area contributed by atoms with Crippen molar-refractivity contribution in [3.05, 3.63) is 48.5 Å². The fraction of sp³-hybridized carbons (Fsp3) is 0.318. The van der Waals surface area contributed by atoms with Crippen molar-refractivity contribution in [3.63, 3.8) is 0 Å². The Morgan fingerprint density at radius 1 is 1.00 bits per heavy atom. The van der Waals surface area contributed by atoms with Gasteiger partial charge in [0, 0.05) is 12.2 Å². The van der Waals surface area contributed by atoms with Gasteiger partial charge in [-0.15, -0.1) is 5.10 Å². The molecule has 10 nitrogen and oxygen atoms in total. The Morgan fingerprint density at radius 3 is 2.38 bits per heavy atom. The molecule has 1 aromatic heterocycles. The third-order valence-electron chi connectivity index (χ3n) is 4.35. The lowest BCUT2D eigenvalue weighted by molar-refractivity contribution is 0.106. The molecule has 2 aromatic carbocycles. The molecular formula is C22H27N5O5. The molecule has 0 spiro atoms. The highest BCUT2D eigenvalue weighted by Gasteiger charge is 2.15. The predicted molar refractivity (Wildman–Crippen MR) is 118 cm³/mol. The highest BCUT2D eigenvalue weighted by atomic mass is 16.5. The molecule has 0 aliphatic rings. The van der Waals surface area contributed by atoms with Crippen molar-refractivity contribution >= 4 is 6.03 Å². The number of carbonyl (C=O) groups is 1. The predicted octanol–water partition coefficient (Wildman–Crippen LogP) is 2.41. The van der Waals surface area contributed by atoms with E-state index >= 15 is 0 Å². The van der Waals surface area contributed by atoms with Gasteiger partial charge < -0.3 is 30.0 Å². The zero-order chi connectivity index (χ0) is 22.8. The first-order valence-electron chi connectivity index (χ1n) is 10.2. The number of hydrogen-bond donors (Lipinski definition) is 2. The number of methoxy groups -OCH3 is 1. The summed E-state index contributed by atoms with van der Waals surface area (Å²) in [5, 5.41) is 6.99. The van der Waals surface area contributed by atoms with Crippen molar-refractivity contribution in [2.24, 2.45) is 5.73 Å². The van der Waals surface area contributed by atoms with E-state index in [1.54, 1.807) is 11.8 Å². The van der Waals surface area contributed by atoms with Gasteiger partial charge in [0.2, 0.25) is 0 Å². The summed E-state index contributed by atoms with van der Waals surface area (Å²) in [4.78, 5) is 15.3.